The van der Waals surface area contributed by atoms with Crippen LogP contribution in [0.3, 0.4) is 0 Å². The summed E-state index contributed by atoms with van der Waals surface area (Å²) in [7, 11) is 0. The van der Waals surface area contributed by atoms with Crippen LogP contribution in [0.1, 0.15) is 13.8 Å². The molecule has 0 bridgehead atoms. The van der Waals surface area contributed by atoms with Crippen molar-refractivity contribution in [1.82, 2.24) is 0 Å². The molecule has 0 heterocycles. The van der Waals surface area contributed by atoms with Gasteiger partial charge in [-0.1, -0.05) is 12.1 Å². The fourth-order valence-corrected chi connectivity index (χ4v) is 2.14. The summed E-state index contributed by atoms with van der Waals surface area (Å²) in [6, 6.07) is 29.3. The average Bonchev–Trinajstić information content (AvgIpc) is 3.36. The molecule has 0 saturated carbocycles. The third-order valence-corrected chi connectivity index (χ3v) is 3.10. The minimum Gasteiger partial charge on any atom is -0.346 e. The second-order valence-corrected chi connectivity index (χ2v) is 4.31. The van der Waals surface area contributed by atoms with Crippen LogP contribution in [0.4, 0.5) is 0 Å². The number of hydrogen-bond acceptors (Lipinski definition) is 0. The molecule has 0 fully saturated rings. The number of rotatable bonds is 0. The van der Waals surface area contributed by atoms with E-state index in [9.17, 15) is 0 Å². The summed E-state index contributed by atoms with van der Waals surface area (Å²) in [5.74, 6) is 0. The smallest absolute Gasteiger partial charge is 0.346 e. The van der Waals surface area contributed by atoms with Gasteiger partial charge in [-0.2, -0.15) is 48.9 Å². The largest absolute Gasteiger partial charge is 4.00 e. The van der Waals surface area contributed by atoms with E-state index in [1.165, 1.54) is 21.5 Å². The molecular formula is C24H28Zr. The monoisotopic (exact) mass is 406 g/mol. The second kappa shape index (κ2) is 17.1. The maximum Gasteiger partial charge on any atom is 4.00 e. The molecule has 0 unspecified atom stereocenters. The topological polar surface area (TPSA) is 0 Å². The normalized spacial score (nSPS) is 8.00. The van der Waals surface area contributed by atoms with Crippen molar-refractivity contribution in [3.63, 3.8) is 0 Å². The molecule has 1 heteroatoms. The van der Waals surface area contributed by atoms with E-state index in [4.69, 9.17) is 0 Å². The Labute approximate surface area is 173 Å². The first-order valence-corrected chi connectivity index (χ1v) is 8.06. The fourth-order valence-electron chi connectivity index (χ4n) is 2.14. The zero-order valence-electron chi connectivity index (χ0n) is 15.4. The van der Waals surface area contributed by atoms with Crippen molar-refractivity contribution in [1.29, 1.82) is 0 Å². The average molecular weight is 408 g/mol. The maximum absolute atomic E-state index is 3.25. The molecule has 0 nitrogen and oxygen atoms in total. The molecule has 0 N–H and O–H groups in total. The zero-order valence-corrected chi connectivity index (χ0v) is 17.9. The maximum atomic E-state index is 3.25. The van der Waals surface area contributed by atoms with Gasteiger partial charge in [0, 0.05) is 0 Å². The molecule has 25 heavy (non-hydrogen) atoms. The predicted molar refractivity (Wildman–Crippen MR) is 112 cm³/mol. The van der Waals surface area contributed by atoms with Crippen molar-refractivity contribution in [2.24, 2.45) is 0 Å². The van der Waals surface area contributed by atoms with Crippen molar-refractivity contribution in [2.45, 2.75) is 13.8 Å². The molecule has 0 aliphatic carbocycles. The SMILES string of the molecule is C=C.[CH2-]C.[CH2-]C.[Zr+4].c1ccc2[cH-]ccc2c1.c1ccc2[cH-]ccc2c1. The van der Waals surface area contributed by atoms with Crippen molar-refractivity contribution in [3.8, 4) is 0 Å². The van der Waals surface area contributed by atoms with Crippen LogP contribution in [-0.4, -0.2) is 0 Å². The summed E-state index contributed by atoms with van der Waals surface area (Å²) in [6.07, 6.45) is 0. The van der Waals surface area contributed by atoms with E-state index in [1.807, 2.05) is 0 Å². The Bertz CT molecular complexity index is 635. The van der Waals surface area contributed by atoms with E-state index >= 15 is 0 Å². The molecule has 0 spiro atoms. The molecule has 4 aromatic carbocycles. The summed E-state index contributed by atoms with van der Waals surface area (Å²) in [5, 5.41) is 5.32. The first-order valence-electron chi connectivity index (χ1n) is 8.06. The van der Waals surface area contributed by atoms with Crippen molar-refractivity contribution in [3.05, 3.63) is 112 Å². The number of fused-ring (bicyclic) bond motifs is 2. The van der Waals surface area contributed by atoms with Crippen molar-refractivity contribution >= 4 is 21.5 Å². The molecule has 0 saturated heterocycles. The van der Waals surface area contributed by atoms with Crippen LogP contribution in [-0.2, 0) is 26.2 Å². The molecule has 4 aromatic rings. The van der Waals surface area contributed by atoms with Gasteiger partial charge in [0.1, 0.15) is 0 Å². The van der Waals surface area contributed by atoms with E-state index < -0.39 is 0 Å². The molecule has 4 rings (SSSR count). The Morgan fingerprint density at radius 1 is 0.600 bits per heavy atom. The van der Waals surface area contributed by atoms with Crippen LogP contribution in [0.25, 0.3) is 21.5 Å². The summed E-state index contributed by atoms with van der Waals surface area (Å²) in [6.45, 7) is 16.0. The summed E-state index contributed by atoms with van der Waals surface area (Å²) in [4.78, 5) is 0. The van der Waals surface area contributed by atoms with E-state index in [0.717, 1.165) is 0 Å². The standard InChI is InChI=1S/2C9H7.2C2H5.C2H4.Zr/c2*1-2-5-9-7-3-6-8(9)4-1;3*1-2;/h2*1-7H;2*1H2,2H3;1-2H2;/q4*-1;;+4. The van der Waals surface area contributed by atoms with Gasteiger partial charge in [0.15, 0.2) is 0 Å². The van der Waals surface area contributed by atoms with Crippen LogP contribution < -0.4 is 0 Å². The van der Waals surface area contributed by atoms with E-state index in [1.54, 1.807) is 13.8 Å². The fraction of sp³-hybridized carbons (Fsp3) is 0.0833. The van der Waals surface area contributed by atoms with Gasteiger partial charge in [-0.15, -0.1) is 72.5 Å². The number of benzene rings is 2. The van der Waals surface area contributed by atoms with Gasteiger partial charge in [0.25, 0.3) is 0 Å². The van der Waals surface area contributed by atoms with Crippen LogP contribution in [0.15, 0.2) is 98.1 Å². The van der Waals surface area contributed by atoms with E-state index in [0.29, 0.717) is 0 Å². The summed E-state index contributed by atoms with van der Waals surface area (Å²) in [5.41, 5.74) is 0. The second-order valence-electron chi connectivity index (χ2n) is 4.31. The van der Waals surface area contributed by atoms with Crippen LogP contribution in [0, 0.1) is 13.8 Å². The molecule has 0 radical (unpaired) electrons. The first kappa shape index (κ1) is 25.5. The van der Waals surface area contributed by atoms with Gasteiger partial charge >= 0.3 is 26.2 Å². The van der Waals surface area contributed by atoms with Crippen LogP contribution in [0.5, 0.6) is 0 Å². The van der Waals surface area contributed by atoms with E-state index in [2.05, 4.69) is 112 Å². The minimum atomic E-state index is 0. The van der Waals surface area contributed by atoms with Gasteiger partial charge in [-0.3, -0.25) is 0 Å². The van der Waals surface area contributed by atoms with Crippen molar-refractivity contribution in [2.75, 3.05) is 0 Å². The Kier molecular flexibility index (Phi) is 17.5. The van der Waals surface area contributed by atoms with Crippen LogP contribution >= 0.6 is 0 Å². The molecule has 0 aliphatic rings. The quantitative estimate of drug-likeness (QED) is 0.208. The minimum absolute atomic E-state index is 0. The molecule has 0 amide bonds. The first-order chi connectivity index (χ1) is 11.9. The summed E-state index contributed by atoms with van der Waals surface area (Å²) >= 11 is 0. The number of hydrogen-bond donors (Lipinski definition) is 0. The van der Waals surface area contributed by atoms with Crippen molar-refractivity contribution < 1.29 is 26.2 Å². The predicted octanol–water partition coefficient (Wildman–Crippen LogP) is 7.60. The molecular weight excluding hydrogens is 379 g/mol. The molecule has 0 atom stereocenters. The molecule has 128 valence electrons. The zero-order chi connectivity index (χ0) is 18.2. The third-order valence-electron chi connectivity index (χ3n) is 3.10. The van der Waals surface area contributed by atoms with Gasteiger partial charge in [-0.05, 0) is 0 Å². The van der Waals surface area contributed by atoms with Gasteiger partial charge in [0.2, 0.25) is 0 Å². The Balaban J connectivity index is 0. The summed E-state index contributed by atoms with van der Waals surface area (Å²) < 4.78 is 0. The van der Waals surface area contributed by atoms with E-state index in [-0.39, 0.29) is 26.2 Å². The Hall–Kier alpha value is -1.72. The molecule has 0 aromatic heterocycles. The van der Waals surface area contributed by atoms with Crippen LogP contribution in [0.2, 0.25) is 0 Å². The van der Waals surface area contributed by atoms with Gasteiger partial charge in [0.05, 0.1) is 0 Å². The van der Waals surface area contributed by atoms with Gasteiger partial charge in [-0.25, -0.2) is 0 Å². The molecule has 0 aliphatic heterocycles. The van der Waals surface area contributed by atoms with Gasteiger partial charge < -0.3 is 13.8 Å². The third kappa shape index (κ3) is 8.80. The Morgan fingerprint density at radius 2 is 0.920 bits per heavy atom. The Morgan fingerprint density at radius 3 is 1.24 bits per heavy atom.